The number of halogens is 1. The second-order valence-corrected chi connectivity index (χ2v) is 7.91. The Kier molecular flexibility index (Phi) is 8.07. The number of amides is 1. The molecule has 0 saturated carbocycles. The summed E-state index contributed by atoms with van der Waals surface area (Å²) in [5, 5.41) is 7.46. The minimum atomic E-state index is -0.0197. The van der Waals surface area contributed by atoms with Gasteiger partial charge in [0, 0.05) is 12.0 Å². The molecule has 1 fully saturated rings. The van der Waals surface area contributed by atoms with Crippen molar-refractivity contribution in [2.45, 2.75) is 39.2 Å². The van der Waals surface area contributed by atoms with Crippen molar-refractivity contribution in [1.29, 1.82) is 0 Å². The van der Waals surface area contributed by atoms with E-state index in [9.17, 15) is 4.79 Å². The summed E-state index contributed by atoms with van der Waals surface area (Å²) in [5.74, 6) is 1.60. The van der Waals surface area contributed by atoms with Crippen LogP contribution in [0.15, 0.2) is 24.3 Å². The van der Waals surface area contributed by atoms with Crippen molar-refractivity contribution in [2.75, 3.05) is 20.2 Å². The zero-order valence-corrected chi connectivity index (χ0v) is 17.7. The molecule has 1 amide bonds. The van der Waals surface area contributed by atoms with Gasteiger partial charge in [-0.1, -0.05) is 0 Å². The standard InChI is InChI=1S/C20H27N3O2S.ClH/c1-13(22-18(24)9-4-15-10-11-21-12-15)19-14(2)23-20(26-19)16-5-7-17(25-3)8-6-16;/h5-8,13,15,21H,4,9-12H2,1-3H3,(H,22,24);1H. The molecular weight excluding hydrogens is 382 g/mol. The van der Waals surface area contributed by atoms with Crippen molar-refractivity contribution < 1.29 is 9.53 Å². The number of hydrogen-bond donors (Lipinski definition) is 2. The predicted octanol–water partition coefficient (Wildman–Crippen LogP) is 4.12. The minimum absolute atomic E-state index is 0. The van der Waals surface area contributed by atoms with Gasteiger partial charge < -0.3 is 15.4 Å². The largest absolute Gasteiger partial charge is 0.497 e. The first-order valence-electron chi connectivity index (χ1n) is 9.18. The smallest absolute Gasteiger partial charge is 0.220 e. The van der Waals surface area contributed by atoms with Crippen molar-refractivity contribution in [1.82, 2.24) is 15.6 Å². The third kappa shape index (κ3) is 5.67. The molecule has 0 spiro atoms. The van der Waals surface area contributed by atoms with E-state index in [1.807, 2.05) is 38.1 Å². The Morgan fingerprint density at radius 1 is 1.41 bits per heavy atom. The lowest BCUT2D eigenvalue weighted by molar-refractivity contribution is -0.122. The number of aromatic nitrogens is 1. The normalized spacial score (nSPS) is 17.2. The van der Waals surface area contributed by atoms with Gasteiger partial charge in [0.1, 0.15) is 10.8 Å². The van der Waals surface area contributed by atoms with Crippen LogP contribution >= 0.6 is 23.7 Å². The van der Waals surface area contributed by atoms with E-state index in [4.69, 9.17) is 9.72 Å². The third-order valence-corrected chi connectivity index (χ3v) is 6.27. The van der Waals surface area contributed by atoms with Crippen LogP contribution in [-0.2, 0) is 4.79 Å². The molecule has 2 unspecified atom stereocenters. The van der Waals surface area contributed by atoms with Crippen molar-refractivity contribution in [3.8, 4) is 16.3 Å². The Morgan fingerprint density at radius 3 is 2.78 bits per heavy atom. The summed E-state index contributed by atoms with van der Waals surface area (Å²) >= 11 is 1.64. The van der Waals surface area contributed by atoms with E-state index in [1.54, 1.807) is 18.4 Å². The van der Waals surface area contributed by atoms with E-state index in [2.05, 4.69) is 10.6 Å². The van der Waals surface area contributed by atoms with Crippen LogP contribution in [0.25, 0.3) is 10.6 Å². The second-order valence-electron chi connectivity index (χ2n) is 6.88. The summed E-state index contributed by atoms with van der Waals surface area (Å²) in [6.07, 6.45) is 2.74. The van der Waals surface area contributed by atoms with Gasteiger partial charge in [-0.05, 0) is 70.0 Å². The fourth-order valence-electron chi connectivity index (χ4n) is 3.34. The second kappa shape index (κ2) is 10.1. The van der Waals surface area contributed by atoms with E-state index in [0.29, 0.717) is 12.3 Å². The zero-order valence-electron chi connectivity index (χ0n) is 16.1. The van der Waals surface area contributed by atoms with Crippen molar-refractivity contribution >= 4 is 29.7 Å². The third-order valence-electron chi connectivity index (χ3n) is 4.88. The van der Waals surface area contributed by atoms with Crippen LogP contribution < -0.4 is 15.4 Å². The molecule has 0 bridgehead atoms. The van der Waals surface area contributed by atoms with Gasteiger partial charge >= 0.3 is 0 Å². The van der Waals surface area contributed by atoms with E-state index >= 15 is 0 Å². The van der Waals surface area contributed by atoms with Crippen molar-refractivity contribution in [3.05, 3.63) is 34.8 Å². The number of nitrogens with zero attached hydrogens (tertiary/aromatic N) is 1. The lowest BCUT2D eigenvalue weighted by Gasteiger charge is -2.14. The topological polar surface area (TPSA) is 63.2 Å². The molecule has 1 aromatic carbocycles. The number of rotatable bonds is 7. The molecule has 0 aliphatic carbocycles. The van der Waals surface area contributed by atoms with Crippen LogP contribution in [0.1, 0.15) is 42.8 Å². The van der Waals surface area contributed by atoms with Gasteiger partial charge in [0.15, 0.2) is 0 Å². The Balaban J connectivity index is 0.00000261. The van der Waals surface area contributed by atoms with Crippen molar-refractivity contribution in [2.24, 2.45) is 5.92 Å². The Hall–Kier alpha value is -1.63. The number of thiazole rings is 1. The number of nitrogens with one attached hydrogen (secondary N) is 2. The quantitative estimate of drug-likeness (QED) is 0.722. The van der Waals surface area contributed by atoms with Gasteiger partial charge in [0.25, 0.3) is 0 Å². The monoisotopic (exact) mass is 409 g/mol. The average molecular weight is 410 g/mol. The SMILES string of the molecule is COc1ccc(-c2nc(C)c(C(C)NC(=O)CCC3CCNC3)s2)cc1.Cl. The molecule has 0 radical (unpaired) electrons. The van der Waals surface area contributed by atoms with Gasteiger partial charge in [0.05, 0.1) is 23.7 Å². The molecule has 1 aromatic heterocycles. The Morgan fingerprint density at radius 2 is 2.15 bits per heavy atom. The molecule has 1 aliphatic rings. The number of carbonyl (C=O) groups excluding carboxylic acids is 1. The van der Waals surface area contributed by atoms with E-state index in [-0.39, 0.29) is 24.4 Å². The highest BCUT2D eigenvalue weighted by molar-refractivity contribution is 7.15. The van der Waals surface area contributed by atoms with Crippen LogP contribution in [0, 0.1) is 12.8 Å². The van der Waals surface area contributed by atoms with Crippen molar-refractivity contribution in [3.63, 3.8) is 0 Å². The molecular formula is C20H28ClN3O2S. The maximum absolute atomic E-state index is 12.3. The zero-order chi connectivity index (χ0) is 18.5. The Bertz CT molecular complexity index is 742. The van der Waals surface area contributed by atoms with Crippen LogP contribution in [0.2, 0.25) is 0 Å². The first-order valence-corrected chi connectivity index (χ1v) is 10.00. The number of hydrogen-bond acceptors (Lipinski definition) is 5. The van der Waals surface area contributed by atoms with Gasteiger partial charge in [0.2, 0.25) is 5.91 Å². The predicted molar refractivity (Wildman–Crippen MR) is 113 cm³/mol. The lowest BCUT2D eigenvalue weighted by Crippen LogP contribution is -2.27. The van der Waals surface area contributed by atoms with E-state index in [0.717, 1.165) is 46.4 Å². The minimum Gasteiger partial charge on any atom is -0.497 e. The molecule has 2 heterocycles. The number of benzene rings is 1. The maximum Gasteiger partial charge on any atom is 0.220 e. The number of methoxy groups -OCH3 is 1. The highest BCUT2D eigenvalue weighted by Gasteiger charge is 2.19. The lowest BCUT2D eigenvalue weighted by atomic mass is 10.0. The average Bonchev–Trinajstić information content (AvgIpc) is 3.29. The molecule has 2 atom stereocenters. The summed E-state index contributed by atoms with van der Waals surface area (Å²) in [6, 6.07) is 7.89. The first kappa shape index (κ1) is 21.7. The van der Waals surface area contributed by atoms with Gasteiger partial charge in [-0.3, -0.25) is 4.79 Å². The number of carbonyl (C=O) groups is 1. The molecule has 2 aromatic rings. The summed E-state index contributed by atoms with van der Waals surface area (Å²) < 4.78 is 5.21. The van der Waals surface area contributed by atoms with Gasteiger partial charge in [-0.15, -0.1) is 23.7 Å². The van der Waals surface area contributed by atoms with Crippen LogP contribution in [-0.4, -0.2) is 31.1 Å². The first-order chi connectivity index (χ1) is 12.6. The van der Waals surface area contributed by atoms with E-state index < -0.39 is 0 Å². The highest BCUT2D eigenvalue weighted by Crippen LogP contribution is 2.32. The Labute approximate surface area is 171 Å². The van der Waals surface area contributed by atoms with Gasteiger partial charge in [-0.25, -0.2) is 4.98 Å². The van der Waals surface area contributed by atoms with Crippen LogP contribution in [0.4, 0.5) is 0 Å². The molecule has 1 saturated heterocycles. The highest BCUT2D eigenvalue weighted by atomic mass is 35.5. The molecule has 1 aliphatic heterocycles. The van der Waals surface area contributed by atoms with Crippen LogP contribution in [0.5, 0.6) is 5.75 Å². The fourth-order valence-corrected chi connectivity index (χ4v) is 4.42. The van der Waals surface area contributed by atoms with Crippen LogP contribution in [0.3, 0.4) is 0 Å². The summed E-state index contributed by atoms with van der Waals surface area (Å²) in [6.45, 7) is 6.16. The summed E-state index contributed by atoms with van der Waals surface area (Å²) in [5.41, 5.74) is 2.05. The molecule has 5 nitrogen and oxygen atoms in total. The summed E-state index contributed by atoms with van der Waals surface area (Å²) in [7, 11) is 1.66. The van der Waals surface area contributed by atoms with E-state index in [1.165, 1.54) is 6.42 Å². The molecule has 2 N–H and O–H groups in total. The molecule has 3 rings (SSSR count). The molecule has 27 heavy (non-hydrogen) atoms. The summed E-state index contributed by atoms with van der Waals surface area (Å²) in [4.78, 5) is 18.1. The fraction of sp³-hybridized carbons (Fsp3) is 0.500. The maximum atomic E-state index is 12.3. The number of aryl methyl sites for hydroxylation is 1. The molecule has 7 heteroatoms. The van der Waals surface area contributed by atoms with Gasteiger partial charge in [-0.2, -0.15) is 0 Å². The molecule has 148 valence electrons. The number of ether oxygens (including phenoxy) is 1.